The second kappa shape index (κ2) is 6.14. The summed E-state index contributed by atoms with van der Waals surface area (Å²) >= 11 is 0. The molecule has 2 aliphatic rings. The van der Waals surface area contributed by atoms with E-state index in [0.717, 1.165) is 19.0 Å². The van der Waals surface area contributed by atoms with Gasteiger partial charge in [0.1, 0.15) is 0 Å². The Labute approximate surface area is 106 Å². The van der Waals surface area contributed by atoms with Crippen LogP contribution < -0.4 is 10.6 Å². The van der Waals surface area contributed by atoms with Gasteiger partial charge < -0.3 is 20.4 Å². The van der Waals surface area contributed by atoms with Gasteiger partial charge >= 0.3 is 0 Å². The number of likely N-dealkylation sites (N-methyl/N-ethyl adjacent to an activating group) is 1. The molecule has 0 spiro atoms. The quantitative estimate of drug-likeness (QED) is 0.714. The number of nitrogens with zero attached hydrogens (tertiary/aromatic N) is 2. The van der Waals surface area contributed by atoms with E-state index in [2.05, 4.69) is 41.6 Å². The molecule has 2 fully saturated rings. The molecule has 0 aliphatic carbocycles. The van der Waals surface area contributed by atoms with Crippen LogP contribution in [0.15, 0.2) is 0 Å². The zero-order valence-corrected chi connectivity index (χ0v) is 11.6. The van der Waals surface area contributed by atoms with Gasteiger partial charge in [0.2, 0.25) is 0 Å². The minimum absolute atomic E-state index is 0.673. The largest absolute Gasteiger partial charge is 0.317 e. The lowest BCUT2D eigenvalue weighted by atomic mass is 9.92. The first kappa shape index (κ1) is 13.3. The van der Waals surface area contributed by atoms with E-state index in [1.54, 1.807) is 0 Å². The Morgan fingerprint density at radius 1 is 1.35 bits per heavy atom. The first-order valence-electron chi connectivity index (χ1n) is 6.97. The number of likely N-dealkylation sites (tertiary alicyclic amines) is 1. The molecular formula is C13H28N4. The van der Waals surface area contributed by atoms with Crippen LogP contribution in [-0.2, 0) is 0 Å². The van der Waals surface area contributed by atoms with Crippen LogP contribution in [0.1, 0.15) is 12.8 Å². The third-order valence-corrected chi connectivity index (χ3v) is 4.54. The van der Waals surface area contributed by atoms with Crippen molar-refractivity contribution in [2.75, 3.05) is 53.9 Å². The summed E-state index contributed by atoms with van der Waals surface area (Å²) in [6.07, 6.45) is 2.63. The molecule has 0 aromatic carbocycles. The Morgan fingerprint density at radius 2 is 2.18 bits per heavy atom. The summed E-state index contributed by atoms with van der Waals surface area (Å²) in [6.45, 7) is 6.00. The van der Waals surface area contributed by atoms with Gasteiger partial charge in [0, 0.05) is 38.3 Å². The maximum Gasteiger partial charge on any atom is 0.0233 e. The molecular weight excluding hydrogens is 212 g/mol. The maximum absolute atomic E-state index is 3.55. The average molecular weight is 240 g/mol. The lowest BCUT2D eigenvalue weighted by molar-refractivity contribution is 0.165. The van der Waals surface area contributed by atoms with E-state index in [4.69, 9.17) is 0 Å². The minimum atomic E-state index is 0.673. The van der Waals surface area contributed by atoms with Crippen molar-refractivity contribution in [3.05, 3.63) is 0 Å². The topological polar surface area (TPSA) is 30.5 Å². The third kappa shape index (κ3) is 3.41. The minimum Gasteiger partial charge on any atom is -0.317 e. The predicted molar refractivity (Wildman–Crippen MR) is 72.4 cm³/mol. The van der Waals surface area contributed by atoms with Crippen molar-refractivity contribution in [2.45, 2.75) is 24.9 Å². The maximum atomic E-state index is 3.55. The molecule has 0 amide bonds. The van der Waals surface area contributed by atoms with Crippen molar-refractivity contribution in [3.8, 4) is 0 Å². The Bertz CT molecular complexity index is 233. The van der Waals surface area contributed by atoms with E-state index in [1.165, 1.54) is 32.5 Å². The summed E-state index contributed by atoms with van der Waals surface area (Å²) < 4.78 is 0. The molecule has 2 aliphatic heterocycles. The van der Waals surface area contributed by atoms with Crippen molar-refractivity contribution in [1.82, 2.24) is 20.4 Å². The van der Waals surface area contributed by atoms with E-state index < -0.39 is 0 Å². The van der Waals surface area contributed by atoms with Crippen molar-refractivity contribution >= 4 is 0 Å². The fourth-order valence-electron chi connectivity index (χ4n) is 3.26. The van der Waals surface area contributed by atoms with Gasteiger partial charge in [0.15, 0.2) is 0 Å². The van der Waals surface area contributed by atoms with Gasteiger partial charge in [0.25, 0.3) is 0 Å². The highest BCUT2D eigenvalue weighted by molar-refractivity contribution is 4.88. The Morgan fingerprint density at radius 3 is 2.76 bits per heavy atom. The van der Waals surface area contributed by atoms with E-state index >= 15 is 0 Å². The van der Waals surface area contributed by atoms with Crippen molar-refractivity contribution in [3.63, 3.8) is 0 Å². The smallest absolute Gasteiger partial charge is 0.0233 e. The van der Waals surface area contributed by atoms with Gasteiger partial charge in [-0.25, -0.2) is 0 Å². The van der Waals surface area contributed by atoms with Gasteiger partial charge in [-0.05, 0) is 46.4 Å². The summed E-state index contributed by atoms with van der Waals surface area (Å²) in [5, 5.41) is 7.07. The normalized spacial score (nSPS) is 34.1. The zero-order valence-electron chi connectivity index (χ0n) is 11.6. The number of hydrogen-bond acceptors (Lipinski definition) is 4. The van der Waals surface area contributed by atoms with Gasteiger partial charge in [-0.2, -0.15) is 0 Å². The molecule has 0 radical (unpaired) electrons. The van der Waals surface area contributed by atoms with E-state index in [9.17, 15) is 0 Å². The van der Waals surface area contributed by atoms with E-state index in [0.29, 0.717) is 12.1 Å². The van der Waals surface area contributed by atoms with Crippen LogP contribution in [-0.4, -0.2) is 75.8 Å². The van der Waals surface area contributed by atoms with Crippen LogP contribution >= 0.6 is 0 Å². The van der Waals surface area contributed by atoms with Crippen molar-refractivity contribution in [1.29, 1.82) is 0 Å². The summed E-state index contributed by atoms with van der Waals surface area (Å²) in [5.41, 5.74) is 0. The summed E-state index contributed by atoms with van der Waals surface area (Å²) in [7, 11) is 6.62. The highest BCUT2D eigenvalue weighted by Gasteiger charge is 2.30. The van der Waals surface area contributed by atoms with Gasteiger partial charge in [-0.3, -0.25) is 0 Å². The molecule has 2 rings (SSSR count). The highest BCUT2D eigenvalue weighted by atomic mass is 15.2. The lowest BCUT2D eigenvalue weighted by Gasteiger charge is -2.36. The summed E-state index contributed by atoms with van der Waals surface area (Å²) in [4.78, 5) is 4.97. The fraction of sp³-hybridized carbons (Fsp3) is 1.00. The second-order valence-electron chi connectivity index (χ2n) is 5.78. The molecule has 2 N–H and O–H groups in total. The lowest BCUT2D eigenvalue weighted by Crippen LogP contribution is -2.52. The summed E-state index contributed by atoms with van der Waals surface area (Å²) in [5.74, 6) is 0.834. The standard InChI is InChI=1S/C13H28N4/c1-14-13(11-4-6-16(2)10-11)8-12-9-15-5-7-17(12)3/h11-15H,4-10H2,1-3H3. The third-order valence-electron chi connectivity index (χ3n) is 4.54. The molecule has 100 valence electrons. The average Bonchev–Trinajstić information content (AvgIpc) is 2.75. The first-order valence-corrected chi connectivity index (χ1v) is 6.97. The van der Waals surface area contributed by atoms with Gasteiger partial charge in [-0.15, -0.1) is 0 Å². The molecule has 0 aromatic rings. The molecule has 2 heterocycles. The number of piperazine rings is 1. The fourth-order valence-corrected chi connectivity index (χ4v) is 3.26. The monoisotopic (exact) mass is 240 g/mol. The Hall–Kier alpha value is -0.160. The molecule has 3 atom stereocenters. The van der Waals surface area contributed by atoms with E-state index in [1.807, 2.05) is 0 Å². The van der Waals surface area contributed by atoms with Gasteiger partial charge in [-0.1, -0.05) is 0 Å². The molecule has 4 heteroatoms. The molecule has 2 saturated heterocycles. The Balaban J connectivity index is 1.85. The SMILES string of the molecule is CNC(CC1CNCCN1C)C1CCN(C)C1. The molecule has 4 nitrogen and oxygen atoms in total. The second-order valence-corrected chi connectivity index (χ2v) is 5.78. The van der Waals surface area contributed by atoms with Crippen molar-refractivity contribution in [2.24, 2.45) is 5.92 Å². The first-order chi connectivity index (χ1) is 8.20. The summed E-state index contributed by atoms with van der Waals surface area (Å²) in [6, 6.07) is 1.37. The highest BCUT2D eigenvalue weighted by Crippen LogP contribution is 2.22. The number of hydrogen-bond donors (Lipinski definition) is 2. The molecule has 3 unspecified atom stereocenters. The molecule has 0 saturated carbocycles. The number of nitrogens with one attached hydrogen (secondary N) is 2. The molecule has 17 heavy (non-hydrogen) atoms. The van der Waals surface area contributed by atoms with Crippen LogP contribution in [0, 0.1) is 5.92 Å². The van der Waals surface area contributed by atoms with E-state index in [-0.39, 0.29) is 0 Å². The van der Waals surface area contributed by atoms with Crippen LogP contribution in [0.2, 0.25) is 0 Å². The van der Waals surface area contributed by atoms with Crippen LogP contribution in [0.3, 0.4) is 0 Å². The van der Waals surface area contributed by atoms with Crippen LogP contribution in [0.5, 0.6) is 0 Å². The van der Waals surface area contributed by atoms with Gasteiger partial charge in [0.05, 0.1) is 0 Å². The molecule has 0 bridgehead atoms. The van der Waals surface area contributed by atoms with Crippen LogP contribution in [0.4, 0.5) is 0 Å². The predicted octanol–water partition coefficient (Wildman–Crippen LogP) is -0.180. The molecule has 0 aromatic heterocycles. The Kier molecular flexibility index (Phi) is 4.79. The van der Waals surface area contributed by atoms with Crippen molar-refractivity contribution < 1.29 is 0 Å². The number of rotatable bonds is 4. The zero-order chi connectivity index (χ0) is 12.3. The van der Waals surface area contributed by atoms with Crippen LogP contribution in [0.25, 0.3) is 0 Å².